The summed E-state index contributed by atoms with van der Waals surface area (Å²) in [5.74, 6) is 1.19. The average Bonchev–Trinajstić information content (AvgIpc) is 3.63. The zero-order valence-corrected chi connectivity index (χ0v) is 39.0. The number of aryl methyl sites for hydroxylation is 1. The van der Waals surface area contributed by atoms with Crippen LogP contribution < -0.4 is 18.7 Å². The predicted molar refractivity (Wildman–Crippen MR) is 220 cm³/mol. The number of hydrogen-bond donors (Lipinski definition) is 1. The van der Waals surface area contributed by atoms with Gasteiger partial charge in [-0.2, -0.15) is 0 Å². The SMILES string of the molecule is CC1=CC2C(C1)C(=O)C2(Cl)Cl.CC1=CCC=C1.CCN(CC)CC.Cc1cccc(O)c(=O)c1.I[I-]I.O=C(Cl)C(Cl)Cl.O=C=C(Cl)Cl. The first-order valence-corrected chi connectivity index (χ1v) is 29.5. The quantitative estimate of drug-likeness (QED) is 0.108. The molecule has 4 rings (SSSR count). The van der Waals surface area contributed by atoms with Crippen LogP contribution in [0.1, 0.15) is 53.0 Å². The second kappa shape index (κ2) is 31.4. The van der Waals surface area contributed by atoms with E-state index in [4.69, 9.17) is 91.1 Å². The molecule has 0 bridgehead atoms. The van der Waals surface area contributed by atoms with Gasteiger partial charge in [-0.3, -0.25) is 14.4 Å². The summed E-state index contributed by atoms with van der Waals surface area (Å²) in [6.07, 6.45) is 10.5. The number of nitrogens with zero attached hydrogens (tertiary/aromatic N) is 1. The number of alkyl halides is 4. The second-order valence-corrected chi connectivity index (χ2v) is 29.8. The van der Waals surface area contributed by atoms with Gasteiger partial charge in [0.1, 0.15) is 0 Å². The van der Waals surface area contributed by atoms with E-state index in [0.29, 0.717) is 13.3 Å². The Bertz CT molecular complexity index is 1300. The topological polar surface area (TPSA) is 91.8 Å². The van der Waals surface area contributed by atoms with Crippen molar-refractivity contribution in [2.75, 3.05) is 19.6 Å². The number of hydrogen-bond acceptors (Lipinski definition) is 6. The van der Waals surface area contributed by atoms with Crippen molar-refractivity contribution in [2.45, 2.75) is 63.6 Å². The zero-order valence-electron chi connectivity index (χ0n) is 27.2. The van der Waals surface area contributed by atoms with Gasteiger partial charge in [0, 0.05) is 11.8 Å². The van der Waals surface area contributed by atoms with Crippen LogP contribution in [0.15, 0.2) is 69.0 Å². The molecule has 1 fully saturated rings. The molecule has 16 heteroatoms. The first kappa shape index (κ1) is 53.2. The first-order chi connectivity index (χ1) is 22.3. The maximum Gasteiger partial charge on any atom is 0.254 e. The maximum absolute atomic E-state index is 11.2. The molecule has 0 saturated heterocycles. The van der Waals surface area contributed by atoms with Crippen LogP contribution in [0, 0.1) is 18.8 Å². The molecule has 1 aromatic carbocycles. The molecule has 48 heavy (non-hydrogen) atoms. The molecule has 1 N–H and O–H groups in total. The fraction of sp³-hybridized carbons (Fsp3) is 0.469. The van der Waals surface area contributed by atoms with E-state index in [2.05, 4.69) is 88.1 Å². The summed E-state index contributed by atoms with van der Waals surface area (Å²) in [5, 5.41) is 8.15. The third kappa shape index (κ3) is 25.8. The Kier molecular flexibility index (Phi) is 34.8. The fourth-order valence-corrected chi connectivity index (χ4v) is 4.55. The van der Waals surface area contributed by atoms with Crippen molar-refractivity contribution >= 4 is 135 Å². The van der Waals surface area contributed by atoms with Crippen molar-refractivity contribution in [3.8, 4) is 5.75 Å². The molecule has 0 heterocycles. The molecule has 0 aromatic heterocycles. The van der Waals surface area contributed by atoms with Gasteiger partial charge in [-0.1, -0.05) is 138 Å². The second-order valence-electron chi connectivity index (χ2n) is 9.73. The van der Waals surface area contributed by atoms with E-state index in [-0.39, 0.29) is 33.3 Å². The standard InChI is InChI=1S/C8H8Cl2O.C8H8O2.C6H15N.C6H8.C2HCl3O.C2Cl2O.I3/c1-4-2-5-6(3-4)8(9,10)7(5)11;1-6-3-2-4-7(9)8(10)5-6;1-4-7(5-2)6-3;1-6-4-2-3-5-6;3-1(4)2(5)6;3-2(4)1-5;1-3-2/h3,5-6H,2H2,1H3;2-5H,1H3,(H,9,10);4-6H2,1-3H3;2,4-5H,3H2,1H3;1H;;/q;;;;;;-1. The number of rotatable bonds is 4. The number of carbonyl (C=O) groups excluding carboxylic acids is 3. The minimum absolute atomic E-state index is 0.000988. The molecule has 274 valence electrons. The molecule has 3 aliphatic rings. The summed E-state index contributed by atoms with van der Waals surface area (Å²) in [7, 11) is 0. The third-order valence-corrected chi connectivity index (χ3v) is 8.16. The Balaban J connectivity index is -0.000000510. The molecule has 2 unspecified atom stereocenters. The van der Waals surface area contributed by atoms with Gasteiger partial charge in [-0.15, -0.1) is 0 Å². The summed E-state index contributed by atoms with van der Waals surface area (Å²) < 4.78 is -1.47. The van der Waals surface area contributed by atoms with Crippen LogP contribution in [0.2, 0.25) is 0 Å². The summed E-state index contributed by atoms with van der Waals surface area (Å²) in [6, 6.07) is 6.19. The van der Waals surface area contributed by atoms with Gasteiger partial charge in [0.05, 0.1) is 0 Å². The number of halogens is 10. The van der Waals surface area contributed by atoms with E-state index < -0.39 is 14.4 Å². The maximum atomic E-state index is 11.2. The molecule has 0 aliphatic heterocycles. The summed E-state index contributed by atoms with van der Waals surface area (Å²) in [6.45, 7) is 16.1. The van der Waals surface area contributed by atoms with E-state index in [0.717, 1.165) is 18.4 Å². The number of allylic oxidation sites excluding steroid dienone is 6. The molecule has 3 aliphatic carbocycles. The van der Waals surface area contributed by atoms with Gasteiger partial charge in [-0.25, -0.2) is 4.79 Å². The average molecular weight is 1150 g/mol. The number of ketones is 1. The van der Waals surface area contributed by atoms with Crippen LogP contribution >= 0.6 is 118 Å². The molecule has 1 aromatic rings. The number of carbonyl (C=O) groups is 2. The van der Waals surface area contributed by atoms with Gasteiger partial charge < -0.3 is 10.0 Å². The van der Waals surface area contributed by atoms with E-state index in [9.17, 15) is 14.4 Å². The molecule has 2 atom stereocenters. The number of aromatic hydroxyl groups is 1. The van der Waals surface area contributed by atoms with Crippen molar-refractivity contribution in [1.29, 1.82) is 0 Å². The number of Topliss-reactive ketones (excluding diaryl/α,β-unsaturated/α-hetero) is 1. The van der Waals surface area contributed by atoms with E-state index in [1.165, 1.54) is 48.9 Å². The largest absolute Gasteiger partial charge is 0.278 e. The van der Waals surface area contributed by atoms with E-state index in [1.807, 2.05) is 13.0 Å². The molecule has 6 nitrogen and oxygen atoms in total. The van der Waals surface area contributed by atoms with Crippen molar-refractivity contribution in [2.24, 2.45) is 11.8 Å². The normalized spacial score (nSPS) is 17.1. The Morgan fingerprint density at radius 2 is 1.54 bits per heavy atom. The minimum Gasteiger partial charge on any atom is -0.278 e. The summed E-state index contributed by atoms with van der Waals surface area (Å²) >= 11 is 40.8. The summed E-state index contributed by atoms with van der Waals surface area (Å²) in [4.78, 5) is 42.0. The van der Waals surface area contributed by atoms with Gasteiger partial charge in [0.2, 0.25) is 5.43 Å². The zero-order chi connectivity index (χ0) is 38.0. The first-order valence-electron chi connectivity index (χ1n) is 14.2. The summed E-state index contributed by atoms with van der Waals surface area (Å²) in [5.41, 5.74) is 3.15. The van der Waals surface area contributed by atoms with Crippen molar-refractivity contribution in [3.05, 3.63) is 80.0 Å². The van der Waals surface area contributed by atoms with Crippen molar-refractivity contribution in [3.63, 3.8) is 0 Å². The van der Waals surface area contributed by atoms with Gasteiger partial charge >= 0.3 is 50.5 Å². The number of fused-ring (bicyclic) bond motifs is 1. The molecule has 0 amide bonds. The van der Waals surface area contributed by atoms with Crippen LogP contribution in [0.4, 0.5) is 0 Å². The third-order valence-electron chi connectivity index (χ3n) is 6.29. The molecule has 1 saturated carbocycles. The predicted octanol–water partition coefficient (Wildman–Crippen LogP) is 8.09. The Hall–Kier alpha value is 0.880. The van der Waals surface area contributed by atoms with Gasteiger partial charge in [0.15, 0.2) is 31.1 Å². The molecular weight excluding hydrogens is 1110 g/mol. The van der Waals surface area contributed by atoms with Gasteiger partial charge in [-0.05, 0) is 82.5 Å². The van der Waals surface area contributed by atoms with E-state index >= 15 is 0 Å². The Morgan fingerprint density at radius 1 is 1.06 bits per heavy atom. The Morgan fingerprint density at radius 3 is 1.83 bits per heavy atom. The van der Waals surface area contributed by atoms with E-state index in [1.54, 1.807) is 19.1 Å². The van der Waals surface area contributed by atoms with Crippen LogP contribution in [0.3, 0.4) is 0 Å². The van der Waals surface area contributed by atoms with Gasteiger partial charge in [0.25, 0.3) is 5.24 Å². The smallest absolute Gasteiger partial charge is 0.254 e. The minimum atomic E-state index is -1.11. The molecule has 0 radical (unpaired) electrons. The van der Waals surface area contributed by atoms with Crippen LogP contribution in [0.5, 0.6) is 5.75 Å². The van der Waals surface area contributed by atoms with Crippen LogP contribution in [0.25, 0.3) is 0 Å². The monoisotopic (exact) mass is 1140 g/mol. The molecular formula is C32H40Cl7I3NO5-. The van der Waals surface area contributed by atoms with Crippen LogP contribution in [-0.2, 0) is 14.4 Å². The van der Waals surface area contributed by atoms with Crippen LogP contribution in [-0.4, -0.2) is 55.8 Å². The fourth-order valence-electron chi connectivity index (χ4n) is 3.84. The van der Waals surface area contributed by atoms with Crippen molar-refractivity contribution < 1.29 is 32.7 Å². The molecule has 0 spiro atoms. The van der Waals surface area contributed by atoms with Crippen molar-refractivity contribution in [1.82, 2.24) is 4.90 Å². The Labute approximate surface area is 349 Å².